The third kappa shape index (κ3) is 5.54. The molecule has 14 heavy (non-hydrogen) atoms. The van der Waals surface area contributed by atoms with Gasteiger partial charge < -0.3 is 4.74 Å². The molecule has 1 saturated heterocycles. The molecule has 4 heteroatoms. The maximum absolute atomic E-state index is 5.51. The normalized spacial score (nSPS) is 18.6. The smallest absolute Gasteiger partial charge is 0.119 e. The van der Waals surface area contributed by atoms with E-state index in [9.17, 15) is 0 Å². The van der Waals surface area contributed by atoms with Gasteiger partial charge in [-0.2, -0.15) is 5.06 Å². The molecule has 0 atom stereocenters. The second-order valence-corrected chi connectivity index (χ2v) is 3.52. The van der Waals surface area contributed by atoms with E-state index in [1.807, 2.05) is 5.06 Å². The van der Waals surface area contributed by atoms with Crippen LogP contribution in [0.1, 0.15) is 26.2 Å². The molecular weight excluding hydrogens is 180 g/mol. The molecule has 0 aromatic heterocycles. The molecule has 1 N–H and O–H groups in total. The van der Waals surface area contributed by atoms with Gasteiger partial charge in [-0.3, -0.25) is 10.2 Å². The van der Waals surface area contributed by atoms with Gasteiger partial charge in [0.15, 0.2) is 0 Å². The van der Waals surface area contributed by atoms with E-state index < -0.39 is 0 Å². The molecule has 0 bridgehead atoms. The lowest BCUT2D eigenvalue weighted by atomic mass is 10.2. The second-order valence-electron chi connectivity index (χ2n) is 3.52. The minimum Gasteiger partial charge on any atom is -0.379 e. The molecule has 4 nitrogen and oxygen atoms in total. The van der Waals surface area contributed by atoms with Crippen LogP contribution in [-0.4, -0.2) is 44.6 Å². The fourth-order valence-electron chi connectivity index (χ4n) is 1.38. The highest BCUT2D eigenvalue weighted by atomic mass is 16.7. The lowest BCUT2D eigenvalue weighted by Crippen LogP contribution is -2.38. The number of nitrogens with zero attached hydrogens (tertiary/aromatic N) is 1. The number of rotatable bonds is 7. The molecular formula is C10H22N2O2. The van der Waals surface area contributed by atoms with Crippen molar-refractivity contribution < 1.29 is 9.57 Å². The molecule has 0 radical (unpaired) electrons. The molecule has 0 unspecified atom stereocenters. The molecule has 1 aliphatic rings. The Morgan fingerprint density at radius 1 is 1.29 bits per heavy atom. The van der Waals surface area contributed by atoms with Crippen LogP contribution in [0.5, 0.6) is 0 Å². The van der Waals surface area contributed by atoms with Crippen LogP contribution in [0.3, 0.4) is 0 Å². The Labute approximate surface area is 86.5 Å². The summed E-state index contributed by atoms with van der Waals surface area (Å²) in [5.41, 5.74) is 0. The van der Waals surface area contributed by atoms with E-state index in [2.05, 4.69) is 12.2 Å². The summed E-state index contributed by atoms with van der Waals surface area (Å²) in [6, 6.07) is 0. The number of hydroxylamine groups is 2. The van der Waals surface area contributed by atoms with Crippen LogP contribution in [0.15, 0.2) is 0 Å². The van der Waals surface area contributed by atoms with Crippen LogP contribution in [0.25, 0.3) is 0 Å². The Bertz CT molecular complexity index is 127. The molecule has 1 heterocycles. The van der Waals surface area contributed by atoms with Crippen molar-refractivity contribution in [3.8, 4) is 0 Å². The van der Waals surface area contributed by atoms with Gasteiger partial charge in [0.25, 0.3) is 0 Å². The van der Waals surface area contributed by atoms with Crippen LogP contribution < -0.4 is 5.32 Å². The van der Waals surface area contributed by atoms with Crippen molar-refractivity contribution in [2.75, 3.05) is 39.6 Å². The molecule has 0 amide bonds. The first-order chi connectivity index (χ1) is 6.93. The van der Waals surface area contributed by atoms with Crippen LogP contribution >= 0.6 is 0 Å². The summed E-state index contributed by atoms with van der Waals surface area (Å²) >= 11 is 0. The lowest BCUT2D eigenvalue weighted by Gasteiger charge is -2.25. The fourth-order valence-corrected chi connectivity index (χ4v) is 1.38. The monoisotopic (exact) mass is 202 g/mol. The maximum Gasteiger partial charge on any atom is 0.119 e. The summed E-state index contributed by atoms with van der Waals surface area (Å²) in [5.74, 6) is 0. The zero-order valence-corrected chi connectivity index (χ0v) is 9.13. The SMILES string of the molecule is CCCCCNCON1CCOCC1. The number of unbranched alkanes of at least 4 members (excludes halogenated alkanes) is 2. The average molecular weight is 202 g/mol. The third-order valence-corrected chi connectivity index (χ3v) is 2.28. The summed E-state index contributed by atoms with van der Waals surface area (Å²) in [7, 11) is 0. The van der Waals surface area contributed by atoms with E-state index in [-0.39, 0.29) is 0 Å². The molecule has 1 rings (SSSR count). The quantitative estimate of drug-likeness (QED) is 0.493. The Balaban J connectivity index is 1.82. The predicted molar refractivity (Wildman–Crippen MR) is 55.9 cm³/mol. The molecule has 0 aromatic carbocycles. The van der Waals surface area contributed by atoms with Gasteiger partial charge in [0, 0.05) is 13.1 Å². The molecule has 84 valence electrons. The number of hydrogen-bond donors (Lipinski definition) is 1. The second kappa shape index (κ2) is 8.17. The molecule has 1 fully saturated rings. The highest BCUT2D eigenvalue weighted by Crippen LogP contribution is 1.96. The summed E-state index contributed by atoms with van der Waals surface area (Å²) in [6.45, 7) is 7.24. The minimum atomic E-state index is 0.629. The first-order valence-corrected chi connectivity index (χ1v) is 5.60. The van der Waals surface area contributed by atoms with Crippen LogP contribution in [-0.2, 0) is 9.57 Å². The van der Waals surface area contributed by atoms with E-state index in [1.54, 1.807) is 0 Å². The maximum atomic E-state index is 5.51. The van der Waals surface area contributed by atoms with Crippen molar-refractivity contribution in [1.82, 2.24) is 10.4 Å². The third-order valence-electron chi connectivity index (χ3n) is 2.28. The Morgan fingerprint density at radius 3 is 2.79 bits per heavy atom. The number of morpholine rings is 1. The zero-order chi connectivity index (χ0) is 10.1. The molecule has 0 aromatic rings. The van der Waals surface area contributed by atoms with Gasteiger partial charge in [-0.05, 0) is 13.0 Å². The summed E-state index contributed by atoms with van der Waals surface area (Å²) in [5, 5.41) is 5.23. The van der Waals surface area contributed by atoms with E-state index in [4.69, 9.17) is 9.57 Å². The van der Waals surface area contributed by atoms with Gasteiger partial charge in [0.2, 0.25) is 0 Å². The van der Waals surface area contributed by atoms with E-state index in [0.29, 0.717) is 6.73 Å². The van der Waals surface area contributed by atoms with Crippen molar-refractivity contribution in [3.63, 3.8) is 0 Å². The summed E-state index contributed by atoms with van der Waals surface area (Å²) in [6.07, 6.45) is 3.81. The van der Waals surface area contributed by atoms with E-state index >= 15 is 0 Å². The van der Waals surface area contributed by atoms with Crippen molar-refractivity contribution in [2.45, 2.75) is 26.2 Å². The van der Waals surface area contributed by atoms with Crippen molar-refractivity contribution in [2.24, 2.45) is 0 Å². The Kier molecular flexibility index (Phi) is 6.95. The van der Waals surface area contributed by atoms with Crippen LogP contribution in [0, 0.1) is 0 Å². The van der Waals surface area contributed by atoms with E-state index in [0.717, 1.165) is 32.8 Å². The largest absolute Gasteiger partial charge is 0.379 e. The fraction of sp³-hybridized carbons (Fsp3) is 1.00. The average Bonchev–Trinajstić information content (AvgIpc) is 2.25. The minimum absolute atomic E-state index is 0.629. The first kappa shape index (κ1) is 11.9. The van der Waals surface area contributed by atoms with Crippen LogP contribution in [0.2, 0.25) is 0 Å². The number of ether oxygens (including phenoxy) is 1. The van der Waals surface area contributed by atoms with Gasteiger partial charge >= 0.3 is 0 Å². The standard InChI is InChI=1S/C10H22N2O2/c1-2-3-4-5-11-10-14-12-6-8-13-9-7-12/h11H,2-10H2,1H3. The number of nitrogens with one attached hydrogen (secondary N) is 1. The van der Waals surface area contributed by atoms with Gasteiger partial charge in [0.05, 0.1) is 13.2 Å². The summed E-state index contributed by atoms with van der Waals surface area (Å²) < 4.78 is 5.22. The molecule has 0 aliphatic carbocycles. The zero-order valence-electron chi connectivity index (χ0n) is 9.13. The van der Waals surface area contributed by atoms with E-state index in [1.165, 1.54) is 19.3 Å². The van der Waals surface area contributed by atoms with Crippen molar-refractivity contribution in [1.29, 1.82) is 0 Å². The van der Waals surface area contributed by atoms with Crippen molar-refractivity contribution >= 4 is 0 Å². The molecule has 1 aliphatic heterocycles. The van der Waals surface area contributed by atoms with Gasteiger partial charge in [-0.25, -0.2) is 0 Å². The summed E-state index contributed by atoms with van der Waals surface area (Å²) in [4.78, 5) is 5.51. The predicted octanol–water partition coefficient (Wildman–Crippen LogP) is 0.987. The van der Waals surface area contributed by atoms with Gasteiger partial charge in [-0.1, -0.05) is 19.8 Å². The Morgan fingerprint density at radius 2 is 2.07 bits per heavy atom. The number of hydrogen-bond acceptors (Lipinski definition) is 4. The molecule has 0 saturated carbocycles. The Hall–Kier alpha value is -0.160. The van der Waals surface area contributed by atoms with Gasteiger partial charge in [0.1, 0.15) is 6.73 Å². The van der Waals surface area contributed by atoms with Crippen molar-refractivity contribution in [3.05, 3.63) is 0 Å². The topological polar surface area (TPSA) is 33.7 Å². The lowest BCUT2D eigenvalue weighted by molar-refractivity contribution is -0.198. The molecule has 0 spiro atoms. The first-order valence-electron chi connectivity index (χ1n) is 5.60. The van der Waals surface area contributed by atoms with Gasteiger partial charge in [-0.15, -0.1) is 0 Å². The highest BCUT2D eigenvalue weighted by molar-refractivity contribution is 4.51. The highest BCUT2D eigenvalue weighted by Gasteiger charge is 2.09. The van der Waals surface area contributed by atoms with Crippen LogP contribution in [0.4, 0.5) is 0 Å².